The Kier molecular flexibility index (Phi) is 2.39. The first-order valence-electron chi connectivity index (χ1n) is 5.01. The molecule has 0 N–H and O–H groups in total. The molecule has 0 aliphatic carbocycles. The minimum atomic E-state index is -0.196. The van der Waals surface area contributed by atoms with Crippen LogP contribution in [0.2, 0.25) is 0 Å². The number of carbonyl (C=O) groups excluding carboxylic acids is 1. The van der Waals surface area contributed by atoms with Crippen LogP contribution in [0.1, 0.15) is 32.6 Å². The summed E-state index contributed by atoms with van der Waals surface area (Å²) < 4.78 is 11.3. The van der Waals surface area contributed by atoms with Gasteiger partial charge in [-0.2, -0.15) is 0 Å². The summed E-state index contributed by atoms with van der Waals surface area (Å²) in [6, 6.07) is 0. The van der Waals surface area contributed by atoms with E-state index in [0.29, 0.717) is 0 Å². The molecule has 2 heterocycles. The number of aldehydes is 1. The van der Waals surface area contributed by atoms with Crippen LogP contribution in [-0.4, -0.2) is 30.7 Å². The summed E-state index contributed by atoms with van der Waals surface area (Å²) in [5, 5.41) is 0. The zero-order valence-corrected chi connectivity index (χ0v) is 7.99. The summed E-state index contributed by atoms with van der Waals surface area (Å²) in [4.78, 5) is 10.6. The smallest absolute Gasteiger partial charge is 0.148 e. The second-order valence-electron chi connectivity index (χ2n) is 4.01. The van der Waals surface area contributed by atoms with E-state index >= 15 is 0 Å². The van der Waals surface area contributed by atoms with Gasteiger partial charge in [0.05, 0.1) is 11.7 Å². The van der Waals surface area contributed by atoms with Crippen LogP contribution in [0.15, 0.2) is 0 Å². The van der Waals surface area contributed by atoms with Crippen molar-refractivity contribution in [1.82, 2.24) is 0 Å². The highest BCUT2D eigenvalue weighted by Crippen LogP contribution is 2.39. The third kappa shape index (κ3) is 1.51. The lowest BCUT2D eigenvalue weighted by molar-refractivity contribution is -0.159. The molecule has 0 radical (unpaired) electrons. The number of hydrogen-bond acceptors (Lipinski definition) is 3. The van der Waals surface area contributed by atoms with E-state index in [2.05, 4.69) is 0 Å². The van der Waals surface area contributed by atoms with Crippen molar-refractivity contribution in [3.63, 3.8) is 0 Å². The van der Waals surface area contributed by atoms with Crippen LogP contribution < -0.4 is 0 Å². The van der Waals surface area contributed by atoms with Gasteiger partial charge in [0.2, 0.25) is 0 Å². The van der Waals surface area contributed by atoms with Crippen molar-refractivity contribution >= 4 is 6.29 Å². The Balaban J connectivity index is 2.08. The van der Waals surface area contributed by atoms with E-state index in [9.17, 15) is 4.79 Å². The van der Waals surface area contributed by atoms with Crippen molar-refractivity contribution in [2.45, 2.75) is 50.4 Å². The maximum absolute atomic E-state index is 10.6. The van der Waals surface area contributed by atoms with E-state index in [0.717, 1.165) is 38.6 Å². The standard InChI is InChI=1S/C10H16O3/c1-8-10(5-6-12-8)4-2-3-9(7-11)13-10/h7-9H,2-6H2,1H3. The largest absolute Gasteiger partial charge is 0.375 e. The van der Waals surface area contributed by atoms with E-state index in [1.807, 2.05) is 6.92 Å². The van der Waals surface area contributed by atoms with Crippen LogP contribution >= 0.6 is 0 Å². The topological polar surface area (TPSA) is 35.5 Å². The molecule has 3 atom stereocenters. The van der Waals surface area contributed by atoms with Crippen molar-refractivity contribution in [3.8, 4) is 0 Å². The molecule has 13 heavy (non-hydrogen) atoms. The first-order chi connectivity index (χ1) is 6.27. The van der Waals surface area contributed by atoms with Crippen molar-refractivity contribution in [1.29, 1.82) is 0 Å². The molecule has 2 rings (SSSR count). The van der Waals surface area contributed by atoms with Crippen LogP contribution in [0, 0.1) is 0 Å². The summed E-state index contributed by atoms with van der Waals surface area (Å²) in [6.45, 7) is 2.81. The van der Waals surface area contributed by atoms with Gasteiger partial charge < -0.3 is 14.3 Å². The molecule has 2 aliphatic heterocycles. The highest BCUT2D eigenvalue weighted by molar-refractivity contribution is 5.56. The van der Waals surface area contributed by atoms with Gasteiger partial charge in [0.25, 0.3) is 0 Å². The van der Waals surface area contributed by atoms with E-state index < -0.39 is 0 Å². The predicted molar refractivity (Wildman–Crippen MR) is 47.6 cm³/mol. The highest BCUT2D eigenvalue weighted by atomic mass is 16.6. The van der Waals surface area contributed by atoms with Crippen molar-refractivity contribution in [2.75, 3.05) is 6.61 Å². The summed E-state index contributed by atoms with van der Waals surface area (Å²) in [5.74, 6) is 0. The molecule has 0 bridgehead atoms. The average Bonchev–Trinajstić information content (AvgIpc) is 2.48. The lowest BCUT2D eigenvalue weighted by atomic mass is 9.86. The zero-order chi connectivity index (χ0) is 9.31. The first kappa shape index (κ1) is 9.16. The van der Waals surface area contributed by atoms with Gasteiger partial charge in [0.15, 0.2) is 0 Å². The third-order valence-electron chi connectivity index (χ3n) is 3.26. The van der Waals surface area contributed by atoms with Gasteiger partial charge in [-0.3, -0.25) is 0 Å². The molecule has 3 heteroatoms. The molecule has 2 saturated heterocycles. The van der Waals surface area contributed by atoms with Crippen molar-refractivity contribution in [3.05, 3.63) is 0 Å². The van der Waals surface area contributed by atoms with Gasteiger partial charge in [-0.1, -0.05) is 0 Å². The van der Waals surface area contributed by atoms with E-state index in [1.165, 1.54) is 0 Å². The van der Waals surface area contributed by atoms with E-state index in [4.69, 9.17) is 9.47 Å². The second-order valence-corrected chi connectivity index (χ2v) is 4.01. The van der Waals surface area contributed by atoms with Crippen LogP contribution in [0.25, 0.3) is 0 Å². The molecule has 2 fully saturated rings. The fraction of sp³-hybridized carbons (Fsp3) is 0.900. The van der Waals surface area contributed by atoms with Crippen LogP contribution in [0.5, 0.6) is 0 Å². The Morgan fingerprint density at radius 1 is 1.46 bits per heavy atom. The quantitative estimate of drug-likeness (QED) is 0.576. The zero-order valence-electron chi connectivity index (χ0n) is 7.99. The lowest BCUT2D eigenvalue weighted by Crippen LogP contribution is -2.46. The van der Waals surface area contributed by atoms with Crippen LogP contribution in [0.3, 0.4) is 0 Å². The van der Waals surface area contributed by atoms with Gasteiger partial charge in [0, 0.05) is 13.0 Å². The molecule has 0 aromatic heterocycles. The Bertz CT molecular complexity index is 204. The van der Waals surface area contributed by atoms with Crippen LogP contribution in [0.4, 0.5) is 0 Å². The number of carbonyl (C=O) groups is 1. The predicted octanol–water partition coefficient (Wildman–Crippen LogP) is 1.30. The van der Waals surface area contributed by atoms with Gasteiger partial charge >= 0.3 is 0 Å². The molecule has 2 aliphatic rings. The minimum absolute atomic E-state index is 0.148. The van der Waals surface area contributed by atoms with Gasteiger partial charge in [-0.15, -0.1) is 0 Å². The molecule has 0 saturated carbocycles. The molecule has 74 valence electrons. The summed E-state index contributed by atoms with van der Waals surface area (Å²) in [6.07, 6.45) is 4.81. The maximum Gasteiger partial charge on any atom is 0.148 e. The number of ether oxygens (including phenoxy) is 2. The molecule has 1 spiro atoms. The normalized spacial score (nSPS) is 45.3. The van der Waals surface area contributed by atoms with E-state index in [1.54, 1.807) is 0 Å². The molecule has 0 aromatic carbocycles. The maximum atomic E-state index is 10.6. The third-order valence-corrected chi connectivity index (χ3v) is 3.26. The Labute approximate surface area is 78.4 Å². The Hall–Kier alpha value is -0.410. The van der Waals surface area contributed by atoms with Crippen molar-refractivity contribution < 1.29 is 14.3 Å². The molecule has 0 amide bonds. The monoisotopic (exact) mass is 184 g/mol. The molecule has 3 unspecified atom stereocenters. The Morgan fingerprint density at radius 2 is 2.31 bits per heavy atom. The summed E-state index contributed by atoms with van der Waals surface area (Å²) >= 11 is 0. The molecular formula is C10H16O3. The molecule has 0 aromatic rings. The van der Waals surface area contributed by atoms with Gasteiger partial charge in [0.1, 0.15) is 12.4 Å². The summed E-state index contributed by atoms with van der Waals surface area (Å²) in [5.41, 5.74) is -0.149. The average molecular weight is 184 g/mol. The minimum Gasteiger partial charge on any atom is -0.375 e. The lowest BCUT2D eigenvalue weighted by Gasteiger charge is -2.38. The summed E-state index contributed by atoms with van der Waals surface area (Å²) in [7, 11) is 0. The van der Waals surface area contributed by atoms with Gasteiger partial charge in [-0.05, 0) is 26.2 Å². The van der Waals surface area contributed by atoms with Crippen LogP contribution in [-0.2, 0) is 14.3 Å². The molecule has 3 nitrogen and oxygen atoms in total. The highest BCUT2D eigenvalue weighted by Gasteiger charge is 2.45. The van der Waals surface area contributed by atoms with Gasteiger partial charge in [-0.25, -0.2) is 0 Å². The SMILES string of the molecule is CC1OCCC12CCCC(C=O)O2. The first-order valence-corrected chi connectivity index (χ1v) is 5.01. The molecular weight excluding hydrogens is 168 g/mol. The van der Waals surface area contributed by atoms with E-state index in [-0.39, 0.29) is 17.8 Å². The number of rotatable bonds is 1. The fourth-order valence-corrected chi connectivity index (χ4v) is 2.36. The number of hydrogen-bond donors (Lipinski definition) is 0. The van der Waals surface area contributed by atoms with Crippen molar-refractivity contribution in [2.24, 2.45) is 0 Å². The Morgan fingerprint density at radius 3 is 2.92 bits per heavy atom. The second kappa shape index (κ2) is 3.39. The fourth-order valence-electron chi connectivity index (χ4n) is 2.36.